The summed E-state index contributed by atoms with van der Waals surface area (Å²) in [5, 5.41) is 5.63. The van der Waals surface area contributed by atoms with Crippen molar-refractivity contribution in [3.63, 3.8) is 0 Å². The molecule has 0 radical (unpaired) electrons. The maximum atomic E-state index is 6.07. The van der Waals surface area contributed by atoms with Gasteiger partial charge in [-0.05, 0) is 17.5 Å². The molecule has 24 heavy (non-hydrogen) atoms. The molecule has 2 aliphatic heterocycles. The van der Waals surface area contributed by atoms with Gasteiger partial charge >= 0.3 is 0 Å². The molecular weight excluding hydrogens is 326 g/mol. The van der Waals surface area contributed by atoms with E-state index in [0.717, 1.165) is 23.4 Å². The molecule has 2 saturated heterocycles. The second-order valence-electron chi connectivity index (χ2n) is 6.24. The molecule has 3 heterocycles. The van der Waals surface area contributed by atoms with Crippen LogP contribution in [0.5, 0.6) is 0 Å². The van der Waals surface area contributed by atoms with Crippen LogP contribution in [0.25, 0.3) is 0 Å². The predicted molar refractivity (Wildman–Crippen MR) is 89.9 cm³/mol. The molecule has 2 fully saturated rings. The lowest BCUT2D eigenvalue weighted by Gasteiger charge is -2.26. The molecule has 1 aliphatic carbocycles. The lowest BCUT2D eigenvalue weighted by Crippen LogP contribution is -2.30. The van der Waals surface area contributed by atoms with Crippen LogP contribution in [-0.4, -0.2) is 26.4 Å². The van der Waals surface area contributed by atoms with E-state index in [-0.39, 0.29) is 0 Å². The summed E-state index contributed by atoms with van der Waals surface area (Å²) in [6, 6.07) is 10.4. The van der Waals surface area contributed by atoms with Gasteiger partial charge in [-0.25, -0.2) is 0 Å². The van der Waals surface area contributed by atoms with E-state index in [1.807, 2.05) is 6.07 Å². The van der Waals surface area contributed by atoms with Gasteiger partial charge in [-0.3, -0.25) is 0 Å². The minimum atomic E-state index is -0.765. The first-order valence-corrected chi connectivity index (χ1v) is 9.15. The molecule has 0 amide bonds. The van der Waals surface area contributed by atoms with Gasteiger partial charge in [0.25, 0.3) is 0 Å². The zero-order valence-corrected chi connectivity index (χ0v) is 14.1. The Morgan fingerprint density at radius 3 is 2.38 bits per heavy atom. The number of ether oxygens (including phenoxy) is 4. The van der Waals surface area contributed by atoms with Gasteiger partial charge in [0.05, 0.1) is 32.8 Å². The normalized spacial score (nSPS) is 23.2. The summed E-state index contributed by atoms with van der Waals surface area (Å²) in [6.45, 7) is 3.16. The van der Waals surface area contributed by atoms with E-state index in [1.54, 1.807) is 11.3 Å². The number of hydrogen-bond donors (Lipinski definition) is 1. The summed E-state index contributed by atoms with van der Waals surface area (Å²) in [4.78, 5) is 1.29. The van der Waals surface area contributed by atoms with Crippen molar-refractivity contribution in [2.75, 3.05) is 31.7 Å². The Kier molecular flexibility index (Phi) is 3.43. The van der Waals surface area contributed by atoms with E-state index in [4.69, 9.17) is 18.9 Å². The lowest BCUT2D eigenvalue weighted by atomic mass is 10.0. The molecule has 1 aromatic carbocycles. The summed E-state index contributed by atoms with van der Waals surface area (Å²) in [7, 11) is 0. The molecular formula is C18H19NO4S. The van der Waals surface area contributed by atoms with E-state index >= 15 is 0 Å². The predicted octanol–water partition coefficient (Wildman–Crippen LogP) is 3.16. The maximum absolute atomic E-state index is 6.07. The number of anilines is 1. The van der Waals surface area contributed by atoms with E-state index < -0.39 is 11.6 Å². The smallest absolute Gasteiger partial charge is 0.203 e. The molecule has 1 N–H and O–H groups in total. The zero-order valence-electron chi connectivity index (χ0n) is 13.2. The van der Waals surface area contributed by atoms with Crippen LogP contribution in [-0.2, 0) is 37.1 Å². The first-order chi connectivity index (χ1) is 11.8. The lowest BCUT2D eigenvalue weighted by molar-refractivity contribution is -0.239. The maximum Gasteiger partial charge on any atom is 0.203 e. The first kappa shape index (κ1) is 14.9. The Labute approximate surface area is 144 Å². The van der Waals surface area contributed by atoms with Gasteiger partial charge in [-0.1, -0.05) is 18.2 Å². The molecule has 2 spiro atoms. The third-order valence-corrected chi connectivity index (χ3v) is 5.74. The third-order valence-electron chi connectivity index (χ3n) is 4.86. The zero-order chi connectivity index (χ0) is 16.0. The number of rotatable bonds is 3. The molecule has 0 unspecified atom stereocenters. The van der Waals surface area contributed by atoms with Crippen molar-refractivity contribution >= 4 is 17.0 Å². The molecule has 1 aromatic heterocycles. The van der Waals surface area contributed by atoms with E-state index in [2.05, 4.69) is 35.0 Å². The fourth-order valence-electron chi connectivity index (χ4n) is 3.93. The monoisotopic (exact) mass is 345 g/mol. The third kappa shape index (κ3) is 2.14. The minimum Gasteiger partial charge on any atom is -0.380 e. The molecule has 5 nitrogen and oxygen atoms in total. The Morgan fingerprint density at radius 1 is 0.917 bits per heavy atom. The second kappa shape index (κ2) is 5.54. The highest BCUT2D eigenvalue weighted by Gasteiger charge is 2.60. The van der Waals surface area contributed by atoms with Gasteiger partial charge in [0.2, 0.25) is 11.6 Å². The van der Waals surface area contributed by atoms with Crippen LogP contribution in [0.2, 0.25) is 0 Å². The van der Waals surface area contributed by atoms with Crippen LogP contribution in [0.3, 0.4) is 0 Å². The van der Waals surface area contributed by atoms with Crippen LogP contribution in [0, 0.1) is 0 Å². The molecule has 5 rings (SSSR count). The van der Waals surface area contributed by atoms with Crippen LogP contribution in [0.4, 0.5) is 5.69 Å². The molecule has 6 heteroatoms. The standard InChI is InChI=1S/C18H19NO4S/c1-4-14-16(15(5-1)19-11-13-3-2-10-24-13)18(22-8-9-23-18)12-17(14)20-6-7-21-17/h1-5,10,19H,6-9,11-12H2. The number of thiophene rings is 1. The molecule has 126 valence electrons. The average molecular weight is 345 g/mol. The summed E-state index contributed by atoms with van der Waals surface area (Å²) in [5.74, 6) is -1.50. The average Bonchev–Trinajstić information content (AvgIpc) is 3.38. The summed E-state index contributed by atoms with van der Waals surface area (Å²) in [6.07, 6.45) is 0.549. The first-order valence-electron chi connectivity index (χ1n) is 8.27. The molecule has 0 saturated carbocycles. The number of nitrogens with one attached hydrogen (secondary N) is 1. The summed E-state index contributed by atoms with van der Waals surface area (Å²) >= 11 is 1.74. The van der Waals surface area contributed by atoms with Crippen LogP contribution >= 0.6 is 11.3 Å². The highest BCUT2D eigenvalue weighted by molar-refractivity contribution is 7.09. The van der Waals surface area contributed by atoms with Crippen molar-refractivity contribution in [1.82, 2.24) is 0 Å². The molecule has 2 aromatic rings. The Bertz CT molecular complexity index is 733. The fraction of sp³-hybridized carbons (Fsp3) is 0.444. The second-order valence-corrected chi connectivity index (χ2v) is 7.27. The van der Waals surface area contributed by atoms with Crippen molar-refractivity contribution in [3.8, 4) is 0 Å². The summed E-state index contributed by atoms with van der Waals surface area (Å²) < 4.78 is 24.2. The highest BCUT2D eigenvalue weighted by atomic mass is 32.1. The molecule has 0 atom stereocenters. The highest BCUT2D eigenvalue weighted by Crippen LogP contribution is 2.57. The van der Waals surface area contributed by atoms with Crippen LogP contribution in [0.15, 0.2) is 35.7 Å². The topological polar surface area (TPSA) is 49.0 Å². The SMILES string of the molecule is c1csc(CNc2cccc3c2C2(CC34OCCO4)OCCO2)c1. The van der Waals surface area contributed by atoms with Gasteiger partial charge in [0.1, 0.15) is 0 Å². The van der Waals surface area contributed by atoms with Gasteiger partial charge in [-0.2, -0.15) is 0 Å². The number of benzene rings is 1. The Hall–Kier alpha value is -1.44. The van der Waals surface area contributed by atoms with E-state index in [9.17, 15) is 0 Å². The van der Waals surface area contributed by atoms with Crippen molar-refractivity contribution in [3.05, 3.63) is 51.7 Å². The minimum absolute atomic E-state index is 0.549. The van der Waals surface area contributed by atoms with Gasteiger partial charge in [0.15, 0.2) is 0 Å². The van der Waals surface area contributed by atoms with Crippen molar-refractivity contribution < 1.29 is 18.9 Å². The molecule has 3 aliphatic rings. The van der Waals surface area contributed by atoms with Gasteiger partial charge in [0, 0.05) is 28.2 Å². The Balaban J connectivity index is 1.57. The molecule has 0 bridgehead atoms. The van der Waals surface area contributed by atoms with Crippen LogP contribution < -0.4 is 5.32 Å². The van der Waals surface area contributed by atoms with Crippen molar-refractivity contribution in [2.45, 2.75) is 24.5 Å². The Morgan fingerprint density at radius 2 is 1.67 bits per heavy atom. The number of hydrogen-bond acceptors (Lipinski definition) is 6. The number of fused-ring (bicyclic) bond motifs is 3. The van der Waals surface area contributed by atoms with Gasteiger partial charge < -0.3 is 24.3 Å². The van der Waals surface area contributed by atoms with Crippen LogP contribution in [0.1, 0.15) is 22.4 Å². The van der Waals surface area contributed by atoms with E-state index in [0.29, 0.717) is 32.8 Å². The van der Waals surface area contributed by atoms with Crippen molar-refractivity contribution in [1.29, 1.82) is 0 Å². The van der Waals surface area contributed by atoms with Crippen molar-refractivity contribution in [2.24, 2.45) is 0 Å². The quantitative estimate of drug-likeness (QED) is 0.926. The fourth-order valence-corrected chi connectivity index (χ4v) is 4.57. The summed E-state index contributed by atoms with van der Waals surface area (Å²) in [5.41, 5.74) is 3.08. The van der Waals surface area contributed by atoms with Gasteiger partial charge in [-0.15, -0.1) is 11.3 Å². The van der Waals surface area contributed by atoms with E-state index in [1.165, 1.54) is 4.88 Å². The largest absolute Gasteiger partial charge is 0.380 e.